The van der Waals surface area contributed by atoms with Gasteiger partial charge in [0.05, 0.1) is 26.0 Å². The molecule has 0 aliphatic rings. The summed E-state index contributed by atoms with van der Waals surface area (Å²) in [4.78, 5) is 25.2. The number of carbonyl (C=O) groups excluding carboxylic acids is 2. The lowest BCUT2D eigenvalue weighted by atomic mass is 10.0. The van der Waals surface area contributed by atoms with Gasteiger partial charge in [-0.15, -0.1) is 0 Å². The molecule has 0 aliphatic carbocycles. The number of rotatable bonds is 7. The van der Waals surface area contributed by atoms with Crippen LogP contribution in [0.5, 0.6) is 17.2 Å². The summed E-state index contributed by atoms with van der Waals surface area (Å²) in [6, 6.07) is 24.7. The number of methoxy groups -OCH3 is 2. The van der Waals surface area contributed by atoms with E-state index in [1.807, 2.05) is 36.4 Å². The van der Waals surface area contributed by atoms with E-state index in [4.69, 9.17) is 14.2 Å². The molecular formula is C27H22N2O5. The largest absolute Gasteiger partial charge is 0.493 e. The van der Waals surface area contributed by atoms with Gasteiger partial charge < -0.3 is 14.2 Å². The number of hydrogen-bond acceptors (Lipinski definition) is 6. The lowest BCUT2D eigenvalue weighted by Crippen LogP contribution is -2.17. The van der Waals surface area contributed by atoms with E-state index >= 15 is 0 Å². The maximum absolute atomic E-state index is 12.9. The van der Waals surface area contributed by atoms with E-state index in [1.54, 1.807) is 48.5 Å². The number of ether oxygens (including phenoxy) is 3. The summed E-state index contributed by atoms with van der Waals surface area (Å²) < 4.78 is 16.2. The van der Waals surface area contributed by atoms with Crippen LogP contribution in [0, 0.1) is 0 Å². The van der Waals surface area contributed by atoms with E-state index in [1.165, 1.54) is 20.4 Å². The zero-order chi connectivity index (χ0) is 23.9. The molecule has 0 saturated heterocycles. The molecular weight excluding hydrogens is 432 g/mol. The summed E-state index contributed by atoms with van der Waals surface area (Å²) in [5, 5.41) is 5.86. The van der Waals surface area contributed by atoms with E-state index < -0.39 is 5.97 Å². The average molecular weight is 454 g/mol. The molecule has 170 valence electrons. The molecule has 34 heavy (non-hydrogen) atoms. The van der Waals surface area contributed by atoms with Crippen LogP contribution in [-0.4, -0.2) is 32.3 Å². The van der Waals surface area contributed by atoms with Crippen molar-refractivity contribution < 1.29 is 23.8 Å². The van der Waals surface area contributed by atoms with Crippen molar-refractivity contribution in [3.63, 3.8) is 0 Å². The molecule has 0 spiro atoms. The van der Waals surface area contributed by atoms with Crippen LogP contribution in [0.1, 0.15) is 26.3 Å². The topological polar surface area (TPSA) is 86.2 Å². The second-order valence-electron chi connectivity index (χ2n) is 7.22. The van der Waals surface area contributed by atoms with Crippen LogP contribution >= 0.6 is 0 Å². The SMILES string of the molecule is COc1ccc(C(=O)Oc2ccc3ccccc3c2C=NNC(=O)c2ccccc2)cc1OC. The van der Waals surface area contributed by atoms with Crippen LogP contribution in [0.15, 0.2) is 90.0 Å². The van der Waals surface area contributed by atoms with Crippen LogP contribution in [0.25, 0.3) is 10.8 Å². The standard InChI is InChI=1S/C27H22N2O5/c1-32-24-15-13-20(16-25(24)33-2)27(31)34-23-14-12-18-8-6-7-11-21(18)22(23)17-28-29-26(30)19-9-4-3-5-10-19/h3-17H,1-2H3,(H,29,30). The number of hydrazone groups is 1. The highest BCUT2D eigenvalue weighted by atomic mass is 16.5. The third-order valence-corrected chi connectivity index (χ3v) is 5.15. The molecule has 4 aromatic rings. The summed E-state index contributed by atoms with van der Waals surface area (Å²) in [5.41, 5.74) is 3.85. The molecule has 0 atom stereocenters. The first-order chi connectivity index (χ1) is 16.6. The number of carbonyl (C=O) groups is 2. The Morgan fingerprint density at radius 2 is 1.47 bits per heavy atom. The number of esters is 1. The molecule has 1 amide bonds. The van der Waals surface area contributed by atoms with E-state index in [2.05, 4.69) is 10.5 Å². The van der Waals surface area contributed by atoms with Crippen molar-refractivity contribution in [2.75, 3.05) is 14.2 Å². The summed E-state index contributed by atoms with van der Waals surface area (Å²) in [5.74, 6) is 0.309. The Kier molecular flexibility index (Phi) is 6.84. The van der Waals surface area contributed by atoms with Gasteiger partial charge in [-0.05, 0) is 47.2 Å². The maximum atomic E-state index is 12.9. The Bertz CT molecular complexity index is 1370. The average Bonchev–Trinajstić information content (AvgIpc) is 2.89. The van der Waals surface area contributed by atoms with Gasteiger partial charge in [0, 0.05) is 11.1 Å². The molecule has 4 rings (SSSR count). The Balaban J connectivity index is 1.63. The first-order valence-electron chi connectivity index (χ1n) is 10.4. The lowest BCUT2D eigenvalue weighted by molar-refractivity contribution is 0.0734. The number of fused-ring (bicyclic) bond motifs is 1. The van der Waals surface area contributed by atoms with Gasteiger partial charge in [-0.25, -0.2) is 10.2 Å². The number of nitrogens with one attached hydrogen (secondary N) is 1. The molecule has 4 aromatic carbocycles. The number of benzene rings is 4. The first-order valence-corrected chi connectivity index (χ1v) is 10.4. The van der Waals surface area contributed by atoms with Crippen LogP contribution in [0.2, 0.25) is 0 Å². The smallest absolute Gasteiger partial charge is 0.343 e. The van der Waals surface area contributed by atoms with Crippen molar-refractivity contribution in [2.45, 2.75) is 0 Å². The van der Waals surface area contributed by atoms with Crippen LogP contribution < -0.4 is 19.6 Å². The van der Waals surface area contributed by atoms with Gasteiger partial charge in [-0.3, -0.25) is 4.79 Å². The van der Waals surface area contributed by atoms with Gasteiger partial charge in [-0.1, -0.05) is 48.5 Å². The minimum atomic E-state index is -0.570. The minimum Gasteiger partial charge on any atom is -0.493 e. The predicted octanol–water partition coefficient (Wildman–Crippen LogP) is 4.84. The Hall–Kier alpha value is -4.65. The van der Waals surface area contributed by atoms with Crippen molar-refractivity contribution >= 4 is 28.9 Å². The second kappa shape index (κ2) is 10.3. The highest BCUT2D eigenvalue weighted by molar-refractivity contribution is 6.04. The molecule has 7 heteroatoms. The van der Waals surface area contributed by atoms with E-state index in [-0.39, 0.29) is 5.91 Å². The molecule has 0 fully saturated rings. The van der Waals surface area contributed by atoms with E-state index in [9.17, 15) is 9.59 Å². The molecule has 0 unspecified atom stereocenters. The van der Waals surface area contributed by atoms with Gasteiger partial charge in [0.1, 0.15) is 5.75 Å². The van der Waals surface area contributed by atoms with Crippen molar-refractivity contribution in [3.8, 4) is 17.2 Å². The molecule has 0 radical (unpaired) electrons. The zero-order valence-corrected chi connectivity index (χ0v) is 18.6. The summed E-state index contributed by atoms with van der Waals surface area (Å²) in [6.07, 6.45) is 1.47. The van der Waals surface area contributed by atoms with E-state index in [0.717, 1.165) is 10.8 Å². The highest BCUT2D eigenvalue weighted by Gasteiger charge is 2.16. The lowest BCUT2D eigenvalue weighted by Gasteiger charge is -2.12. The fraction of sp³-hybridized carbons (Fsp3) is 0.0741. The Morgan fingerprint density at radius 3 is 2.24 bits per heavy atom. The molecule has 7 nitrogen and oxygen atoms in total. The molecule has 0 bridgehead atoms. The van der Waals surface area contributed by atoms with E-state index in [0.29, 0.717) is 33.9 Å². The van der Waals surface area contributed by atoms with Crippen LogP contribution in [-0.2, 0) is 0 Å². The van der Waals surface area contributed by atoms with Crippen molar-refractivity contribution in [1.29, 1.82) is 0 Å². The highest BCUT2D eigenvalue weighted by Crippen LogP contribution is 2.30. The fourth-order valence-electron chi connectivity index (χ4n) is 3.43. The van der Waals surface area contributed by atoms with Crippen molar-refractivity contribution in [3.05, 3.63) is 102 Å². The van der Waals surface area contributed by atoms with Crippen molar-refractivity contribution in [2.24, 2.45) is 5.10 Å². The Morgan fingerprint density at radius 1 is 0.765 bits per heavy atom. The monoisotopic (exact) mass is 454 g/mol. The minimum absolute atomic E-state index is 0.297. The summed E-state index contributed by atoms with van der Waals surface area (Å²) in [7, 11) is 3.02. The summed E-state index contributed by atoms with van der Waals surface area (Å²) >= 11 is 0. The molecule has 0 aromatic heterocycles. The van der Waals surface area contributed by atoms with Gasteiger partial charge in [0.2, 0.25) is 0 Å². The zero-order valence-electron chi connectivity index (χ0n) is 18.6. The number of hydrogen-bond donors (Lipinski definition) is 1. The third-order valence-electron chi connectivity index (χ3n) is 5.15. The van der Waals surface area contributed by atoms with Crippen LogP contribution in [0.3, 0.4) is 0 Å². The third kappa shape index (κ3) is 4.88. The normalized spacial score (nSPS) is 10.8. The van der Waals surface area contributed by atoms with Gasteiger partial charge in [0.25, 0.3) is 5.91 Å². The fourth-order valence-corrected chi connectivity index (χ4v) is 3.43. The second-order valence-corrected chi connectivity index (χ2v) is 7.22. The molecule has 0 saturated carbocycles. The first kappa shape index (κ1) is 22.5. The molecule has 0 aliphatic heterocycles. The summed E-state index contributed by atoms with van der Waals surface area (Å²) in [6.45, 7) is 0. The van der Waals surface area contributed by atoms with Gasteiger partial charge in [-0.2, -0.15) is 5.10 Å². The predicted molar refractivity (Wildman–Crippen MR) is 130 cm³/mol. The van der Waals surface area contributed by atoms with Gasteiger partial charge in [0.15, 0.2) is 11.5 Å². The molecule has 1 N–H and O–H groups in total. The number of nitrogens with zero attached hydrogens (tertiary/aromatic N) is 1. The maximum Gasteiger partial charge on any atom is 0.343 e. The van der Waals surface area contributed by atoms with Crippen molar-refractivity contribution in [1.82, 2.24) is 5.43 Å². The van der Waals surface area contributed by atoms with Crippen LogP contribution in [0.4, 0.5) is 0 Å². The quantitative estimate of drug-likeness (QED) is 0.187. The number of amides is 1. The Labute approximate surface area is 196 Å². The molecule has 0 heterocycles. The van der Waals surface area contributed by atoms with Gasteiger partial charge >= 0.3 is 5.97 Å².